The number of ether oxygens (including phenoxy) is 1. The fraction of sp³-hybridized carbons (Fsp3) is 0.438. The number of benzene rings is 1. The second-order valence-corrected chi connectivity index (χ2v) is 5.56. The lowest BCUT2D eigenvalue weighted by Gasteiger charge is -2.18. The molecule has 0 aromatic heterocycles. The van der Waals surface area contributed by atoms with Crippen LogP contribution in [-0.4, -0.2) is 30.1 Å². The van der Waals surface area contributed by atoms with Crippen LogP contribution in [0.25, 0.3) is 0 Å². The van der Waals surface area contributed by atoms with Crippen molar-refractivity contribution < 1.29 is 27.6 Å². The van der Waals surface area contributed by atoms with Gasteiger partial charge >= 0.3 is 12.1 Å². The van der Waals surface area contributed by atoms with Gasteiger partial charge in [-0.3, -0.25) is 10.1 Å². The first-order chi connectivity index (χ1) is 12.2. The van der Waals surface area contributed by atoms with Crippen LogP contribution in [0.4, 0.5) is 18.9 Å². The highest BCUT2D eigenvalue weighted by molar-refractivity contribution is 5.82. The minimum Gasteiger partial charge on any atom is -0.464 e. The van der Waals surface area contributed by atoms with Crippen LogP contribution in [-0.2, 0) is 15.7 Å². The van der Waals surface area contributed by atoms with Crippen molar-refractivity contribution in [3.05, 3.63) is 51.3 Å². The van der Waals surface area contributed by atoms with Crippen molar-refractivity contribution in [2.45, 2.75) is 32.0 Å². The minimum atomic E-state index is -4.50. The van der Waals surface area contributed by atoms with E-state index in [0.717, 1.165) is 24.3 Å². The number of rotatable bonds is 6. The highest BCUT2D eigenvalue weighted by Gasteiger charge is 2.37. The topological polar surface area (TPSA) is 93.5 Å². The largest absolute Gasteiger partial charge is 0.464 e. The molecule has 0 amide bonds. The number of nitro groups is 1. The molecule has 0 radical (unpaired) electrons. The van der Waals surface area contributed by atoms with E-state index < -0.39 is 28.7 Å². The normalized spacial score (nSPS) is 17.2. The Labute approximate surface area is 147 Å². The second-order valence-electron chi connectivity index (χ2n) is 5.56. The smallest absolute Gasteiger partial charge is 0.416 e. The Bertz CT molecular complexity index is 694. The first-order valence-corrected chi connectivity index (χ1v) is 7.95. The molecular weight excluding hydrogens is 355 g/mol. The maximum absolute atomic E-state index is 12.6. The van der Waals surface area contributed by atoms with E-state index >= 15 is 0 Å². The average molecular weight is 373 g/mol. The number of carbonyl (C=O) groups is 1. The number of halogens is 3. The van der Waals surface area contributed by atoms with Crippen molar-refractivity contribution in [3.63, 3.8) is 0 Å². The molecule has 26 heavy (non-hydrogen) atoms. The number of esters is 1. The number of nitrogens with one attached hydrogen (secondary N) is 2. The van der Waals surface area contributed by atoms with Gasteiger partial charge in [0.25, 0.3) is 5.70 Å². The quantitative estimate of drug-likeness (QED) is 0.452. The highest BCUT2D eigenvalue weighted by atomic mass is 19.4. The summed E-state index contributed by atoms with van der Waals surface area (Å²) in [5.41, 5.74) is -0.802. The van der Waals surface area contributed by atoms with Crippen molar-refractivity contribution in [1.82, 2.24) is 5.32 Å². The molecule has 0 bridgehead atoms. The van der Waals surface area contributed by atoms with Crippen molar-refractivity contribution in [2.75, 3.05) is 18.5 Å². The first kappa shape index (κ1) is 19.5. The maximum Gasteiger partial charge on any atom is 0.416 e. The Hall–Kier alpha value is -2.78. The summed E-state index contributed by atoms with van der Waals surface area (Å²) >= 11 is 0. The van der Waals surface area contributed by atoms with Crippen LogP contribution in [0.15, 0.2) is 35.7 Å². The molecule has 0 saturated carbocycles. The lowest BCUT2D eigenvalue weighted by molar-refractivity contribution is -0.429. The number of alkyl halides is 3. The lowest BCUT2D eigenvalue weighted by atomic mass is 10.1. The Morgan fingerprint density at radius 2 is 2.04 bits per heavy atom. The van der Waals surface area contributed by atoms with Crippen LogP contribution in [0.2, 0.25) is 0 Å². The molecule has 7 nitrogen and oxygen atoms in total. The van der Waals surface area contributed by atoms with E-state index in [1.807, 2.05) is 0 Å². The fourth-order valence-electron chi connectivity index (χ4n) is 2.59. The summed E-state index contributed by atoms with van der Waals surface area (Å²) in [4.78, 5) is 23.1. The summed E-state index contributed by atoms with van der Waals surface area (Å²) in [6.45, 7) is 2.11. The second kappa shape index (κ2) is 8.07. The monoisotopic (exact) mass is 373 g/mol. The third kappa shape index (κ3) is 4.64. The number of nitrogens with zero attached hydrogens (tertiary/aromatic N) is 1. The molecule has 1 aliphatic rings. The standard InChI is InChI=1S/C16H18F3N3O4/c1-2-26-15(23)13(14(22(24)25)12-4-3-9-20-12)21-11-7-5-10(6-8-11)16(17,18)19/h5-8,13,20-21H,2-4,9H2,1H3/b14-12-. The van der Waals surface area contributed by atoms with Crippen LogP contribution < -0.4 is 10.6 Å². The number of carbonyl (C=O) groups excluding carboxylic acids is 1. The number of allylic oxidation sites excluding steroid dienone is 1. The molecule has 1 fully saturated rings. The van der Waals surface area contributed by atoms with Crippen LogP contribution in [0.1, 0.15) is 25.3 Å². The van der Waals surface area contributed by atoms with Crippen molar-refractivity contribution in [1.29, 1.82) is 0 Å². The number of hydrogen-bond donors (Lipinski definition) is 2. The molecule has 1 atom stereocenters. The van der Waals surface area contributed by atoms with E-state index in [4.69, 9.17) is 4.74 Å². The predicted molar refractivity (Wildman–Crippen MR) is 86.7 cm³/mol. The molecule has 1 aromatic carbocycles. The van der Waals surface area contributed by atoms with Crippen LogP contribution >= 0.6 is 0 Å². The van der Waals surface area contributed by atoms with Gasteiger partial charge in [-0.1, -0.05) is 0 Å². The summed E-state index contributed by atoms with van der Waals surface area (Å²) in [5, 5.41) is 17.0. The Kier molecular flexibility index (Phi) is 6.06. The summed E-state index contributed by atoms with van der Waals surface area (Å²) < 4.78 is 42.8. The third-order valence-electron chi connectivity index (χ3n) is 3.77. The van der Waals surface area contributed by atoms with Gasteiger partial charge in [-0.25, -0.2) is 4.79 Å². The molecular formula is C16H18F3N3O4. The molecule has 1 saturated heterocycles. The molecule has 0 aliphatic carbocycles. The van der Waals surface area contributed by atoms with Gasteiger partial charge in [0.2, 0.25) is 6.04 Å². The van der Waals surface area contributed by atoms with Crippen molar-refractivity contribution in [3.8, 4) is 0 Å². The van der Waals surface area contributed by atoms with Gasteiger partial charge in [-0.2, -0.15) is 13.2 Å². The average Bonchev–Trinajstić information content (AvgIpc) is 3.08. The molecule has 2 rings (SSSR count). The van der Waals surface area contributed by atoms with Gasteiger partial charge < -0.3 is 15.4 Å². The molecule has 2 N–H and O–H groups in total. The van der Waals surface area contributed by atoms with E-state index in [1.165, 1.54) is 0 Å². The predicted octanol–water partition coefficient (Wildman–Crippen LogP) is 2.92. The van der Waals surface area contributed by atoms with Gasteiger partial charge in [0.1, 0.15) is 0 Å². The lowest BCUT2D eigenvalue weighted by Crippen LogP contribution is -2.38. The van der Waals surface area contributed by atoms with Gasteiger partial charge in [0.15, 0.2) is 0 Å². The van der Waals surface area contributed by atoms with Crippen molar-refractivity contribution in [2.24, 2.45) is 0 Å². The summed E-state index contributed by atoms with van der Waals surface area (Å²) in [7, 11) is 0. The molecule has 1 unspecified atom stereocenters. The van der Waals surface area contributed by atoms with E-state index in [-0.39, 0.29) is 18.0 Å². The van der Waals surface area contributed by atoms with E-state index in [2.05, 4.69) is 10.6 Å². The fourth-order valence-corrected chi connectivity index (χ4v) is 2.59. The van der Waals surface area contributed by atoms with E-state index in [1.54, 1.807) is 6.92 Å². The van der Waals surface area contributed by atoms with Gasteiger partial charge in [-0.05, 0) is 44.0 Å². The Morgan fingerprint density at radius 1 is 1.38 bits per heavy atom. The number of hydrogen-bond acceptors (Lipinski definition) is 6. The van der Waals surface area contributed by atoms with E-state index in [9.17, 15) is 28.1 Å². The first-order valence-electron chi connectivity index (χ1n) is 7.95. The van der Waals surface area contributed by atoms with Crippen LogP contribution in [0.5, 0.6) is 0 Å². The SMILES string of the molecule is CCOC(=O)C(Nc1ccc(C(F)(F)F)cc1)/C(=C1\CCCN1)[N+](=O)[O-]. The Balaban J connectivity index is 2.34. The van der Waals surface area contributed by atoms with Crippen LogP contribution in [0, 0.1) is 10.1 Å². The molecule has 1 heterocycles. The Morgan fingerprint density at radius 3 is 2.50 bits per heavy atom. The zero-order valence-electron chi connectivity index (χ0n) is 13.9. The number of anilines is 1. The van der Waals surface area contributed by atoms with Crippen LogP contribution in [0.3, 0.4) is 0 Å². The molecule has 142 valence electrons. The maximum atomic E-state index is 12.6. The van der Waals surface area contributed by atoms with Gasteiger partial charge in [0.05, 0.1) is 22.8 Å². The van der Waals surface area contributed by atoms with Crippen molar-refractivity contribution >= 4 is 11.7 Å². The highest BCUT2D eigenvalue weighted by Crippen LogP contribution is 2.30. The van der Waals surface area contributed by atoms with Gasteiger partial charge in [-0.15, -0.1) is 0 Å². The zero-order chi connectivity index (χ0) is 19.3. The van der Waals surface area contributed by atoms with E-state index in [0.29, 0.717) is 25.1 Å². The summed E-state index contributed by atoms with van der Waals surface area (Å²) in [6.07, 6.45) is -3.41. The summed E-state index contributed by atoms with van der Waals surface area (Å²) in [5.74, 6) is -0.875. The summed E-state index contributed by atoms with van der Waals surface area (Å²) in [6, 6.07) is 2.44. The molecule has 0 spiro atoms. The zero-order valence-corrected chi connectivity index (χ0v) is 13.9. The molecule has 1 aliphatic heterocycles. The van der Waals surface area contributed by atoms with Gasteiger partial charge in [0, 0.05) is 12.2 Å². The third-order valence-corrected chi connectivity index (χ3v) is 3.77. The molecule has 1 aromatic rings. The molecule has 10 heteroatoms. The minimum absolute atomic E-state index is 0.0117.